The Morgan fingerprint density at radius 3 is 2.40 bits per heavy atom. The topological polar surface area (TPSA) is 86.3 Å². The number of nitrogen functional groups attached to an aromatic ring is 1. The molecule has 0 aliphatic rings. The van der Waals surface area contributed by atoms with Crippen LogP contribution in [0.5, 0.6) is 5.75 Å². The Morgan fingerprint density at radius 1 is 1.10 bits per heavy atom. The molecule has 3 rings (SSSR count). The summed E-state index contributed by atoms with van der Waals surface area (Å²) in [4.78, 5) is 14.4. The monoisotopic (exact) mass is 425 g/mol. The zero-order valence-electron chi connectivity index (χ0n) is 17.6. The van der Waals surface area contributed by atoms with E-state index in [1.54, 1.807) is 11.9 Å². The molecule has 0 unspecified atom stereocenters. The van der Waals surface area contributed by atoms with Gasteiger partial charge in [0.05, 0.1) is 5.25 Å². The molecule has 0 radical (unpaired) electrons. The van der Waals surface area contributed by atoms with Crippen LogP contribution in [0.4, 0.5) is 5.69 Å². The van der Waals surface area contributed by atoms with Crippen molar-refractivity contribution in [2.24, 2.45) is 0 Å². The molecule has 0 aliphatic carbocycles. The average molecular weight is 426 g/mol. The lowest BCUT2D eigenvalue weighted by Gasteiger charge is -2.20. The Kier molecular flexibility index (Phi) is 6.99. The van der Waals surface area contributed by atoms with Crippen molar-refractivity contribution < 1.29 is 9.53 Å². The number of benzene rings is 2. The molecule has 2 N–H and O–H groups in total. The van der Waals surface area contributed by atoms with Gasteiger partial charge in [0.2, 0.25) is 11.1 Å². The van der Waals surface area contributed by atoms with Crippen LogP contribution in [0.2, 0.25) is 0 Å². The van der Waals surface area contributed by atoms with Crippen molar-refractivity contribution in [1.29, 1.82) is 0 Å². The molecule has 1 aromatic heterocycles. The predicted octanol–water partition coefficient (Wildman–Crippen LogP) is 3.84. The lowest BCUT2D eigenvalue weighted by molar-refractivity contribution is -0.117. The standard InChI is InChI=1S/C22H27N5O2S/c1-15(2)17-10-12-19(13-11-17)29-14-20-24-25-22(27(20)23)30-16(3)21(28)26(4)18-8-6-5-7-9-18/h5-13,15-16H,14,23H2,1-4H3/t16-/m0/s1. The molecule has 0 aliphatic heterocycles. The molecule has 0 saturated heterocycles. The number of amides is 1. The van der Waals surface area contributed by atoms with E-state index in [2.05, 4.69) is 24.0 Å². The van der Waals surface area contributed by atoms with Gasteiger partial charge in [0.25, 0.3) is 0 Å². The number of nitrogens with zero attached hydrogens (tertiary/aromatic N) is 4. The van der Waals surface area contributed by atoms with Gasteiger partial charge in [-0.25, -0.2) is 4.68 Å². The molecular formula is C22H27N5O2S. The number of anilines is 1. The third-order valence-electron chi connectivity index (χ3n) is 4.75. The highest BCUT2D eigenvalue weighted by Crippen LogP contribution is 2.24. The summed E-state index contributed by atoms with van der Waals surface area (Å²) in [6.07, 6.45) is 0. The summed E-state index contributed by atoms with van der Waals surface area (Å²) in [5.41, 5.74) is 2.09. The number of thioether (sulfide) groups is 1. The zero-order valence-corrected chi connectivity index (χ0v) is 18.5. The van der Waals surface area contributed by atoms with Crippen LogP contribution in [-0.4, -0.2) is 33.1 Å². The Hall–Kier alpha value is -3.00. The van der Waals surface area contributed by atoms with E-state index in [-0.39, 0.29) is 17.8 Å². The van der Waals surface area contributed by atoms with Crippen molar-refractivity contribution in [2.75, 3.05) is 17.8 Å². The molecule has 7 nitrogen and oxygen atoms in total. The fraction of sp³-hybridized carbons (Fsp3) is 0.318. The maximum Gasteiger partial charge on any atom is 0.240 e. The summed E-state index contributed by atoms with van der Waals surface area (Å²) in [5.74, 6) is 7.79. The second-order valence-corrected chi connectivity index (χ2v) is 8.58. The van der Waals surface area contributed by atoms with Gasteiger partial charge in [-0.05, 0) is 42.7 Å². The van der Waals surface area contributed by atoms with E-state index in [1.165, 1.54) is 22.0 Å². The quantitative estimate of drug-likeness (QED) is 0.436. The predicted molar refractivity (Wildman–Crippen MR) is 120 cm³/mol. The van der Waals surface area contributed by atoms with Gasteiger partial charge in [0.1, 0.15) is 12.4 Å². The first-order valence-corrected chi connectivity index (χ1v) is 10.7. The molecule has 0 bridgehead atoms. The van der Waals surface area contributed by atoms with Gasteiger partial charge >= 0.3 is 0 Å². The van der Waals surface area contributed by atoms with Crippen LogP contribution in [0.3, 0.4) is 0 Å². The van der Waals surface area contributed by atoms with E-state index in [9.17, 15) is 4.79 Å². The van der Waals surface area contributed by atoms with Crippen LogP contribution in [0, 0.1) is 0 Å². The van der Waals surface area contributed by atoms with Crippen LogP contribution < -0.4 is 15.5 Å². The molecular weight excluding hydrogens is 398 g/mol. The molecule has 1 heterocycles. The SMILES string of the molecule is CC(C)c1ccc(OCc2nnc(S[C@@H](C)C(=O)N(C)c3ccccc3)n2N)cc1. The van der Waals surface area contributed by atoms with Crippen LogP contribution in [0.15, 0.2) is 59.8 Å². The summed E-state index contributed by atoms with van der Waals surface area (Å²) in [7, 11) is 1.76. The van der Waals surface area contributed by atoms with E-state index in [0.29, 0.717) is 16.9 Å². The summed E-state index contributed by atoms with van der Waals surface area (Å²) in [6, 6.07) is 17.5. The minimum atomic E-state index is -0.376. The number of nitrogens with two attached hydrogens (primary N) is 1. The summed E-state index contributed by atoms with van der Waals surface area (Å²) in [5, 5.41) is 8.32. The number of ether oxygens (including phenoxy) is 1. The van der Waals surface area contributed by atoms with Gasteiger partial charge in [-0.2, -0.15) is 0 Å². The smallest absolute Gasteiger partial charge is 0.240 e. The Morgan fingerprint density at radius 2 is 1.77 bits per heavy atom. The van der Waals surface area contributed by atoms with E-state index in [4.69, 9.17) is 10.6 Å². The number of para-hydroxylation sites is 1. The van der Waals surface area contributed by atoms with Gasteiger partial charge in [0, 0.05) is 12.7 Å². The lowest BCUT2D eigenvalue weighted by Crippen LogP contribution is -2.33. The largest absolute Gasteiger partial charge is 0.486 e. The van der Waals surface area contributed by atoms with Crippen LogP contribution in [0.25, 0.3) is 0 Å². The van der Waals surface area contributed by atoms with E-state index < -0.39 is 0 Å². The minimum absolute atomic E-state index is 0.0442. The molecule has 158 valence electrons. The lowest BCUT2D eigenvalue weighted by atomic mass is 10.0. The number of hydrogen-bond donors (Lipinski definition) is 1. The first kappa shape index (κ1) is 21.7. The maximum absolute atomic E-state index is 12.7. The molecule has 0 spiro atoms. The minimum Gasteiger partial charge on any atom is -0.486 e. The van der Waals surface area contributed by atoms with Crippen LogP contribution in [0.1, 0.15) is 38.1 Å². The van der Waals surface area contributed by atoms with Crippen molar-refractivity contribution in [1.82, 2.24) is 14.9 Å². The van der Waals surface area contributed by atoms with Gasteiger partial charge in [-0.15, -0.1) is 10.2 Å². The molecule has 3 aromatic rings. The zero-order chi connectivity index (χ0) is 21.7. The summed E-state index contributed by atoms with van der Waals surface area (Å²) in [6.45, 7) is 6.31. The first-order valence-electron chi connectivity index (χ1n) is 9.78. The molecule has 0 fully saturated rings. The number of rotatable bonds is 8. The molecule has 1 amide bonds. The van der Waals surface area contributed by atoms with Crippen LogP contribution in [-0.2, 0) is 11.4 Å². The highest BCUT2D eigenvalue weighted by Gasteiger charge is 2.23. The normalized spacial score (nSPS) is 12.0. The summed E-state index contributed by atoms with van der Waals surface area (Å²) >= 11 is 1.27. The van der Waals surface area contributed by atoms with Gasteiger partial charge in [-0.1, -0.05) is 55.9 Å². The second-order valence-electron chi connectivity index (χ2n) is 7.27. The van der Waals surface area contributed by atoms with Gasteiger partial charge in [-0.3, -0.25) is 4.79 Å². The van der Waals surface area contributed by atoms with Crippen molar-refractivity contribution in [3.05, 3.63) is 66.0 Å². The fourth-order valence-electron chi connectivity index (χ4n) is 2.84. The van der Waals surface area contributed by atoms with Crippen LogP contribution >= 0.6 is 11.8 Å². The maximum atomic E-state index is 12.7. The third-order valence-corrected chi connectivity index (χ3v) is 5.80. The van der Waals surface area contributed by atoms with Crippen molar-refractivity contribution >= 4 is 23.4 Å². The Bertz CT molecular complexity index is 973. The van der Waals surface area contributed by atoms with Crippen molar-refractivity contribution in [2.45, 2.75) is 43.7 Å². The number of carbonyl (C=O) groups excluding carboxylic acids is 1. The van der Waals surface area contributed by atoms with E-state index >= 15 is 0 Å². The molecule has 2 aromatic carbocycles. The fourth-order valence-corrected chi connectivity index (χ4v) is 3.72. The third kappa shape index (κ3) is 5.13. The molecule has 0 saturated carbocycles. The number of hydrogen-bond acceptors (Lipinski definition) is 6. The Balaban J connectivity index is 1.60. The molecule has 1 atom stereocenters. The second kappa shape index (κ2) is 9.67. The highest BCUT2D eigenvalue weighted by molar-refractivity contribution is 8.00. The van der Waals surface area contributed by atoms with E-state index in [0.717, 1.165) is 11.4 Å². The number of carbonyl (C=O) groups is 1. The summed E-state index contributed by atoms with van der Waals surface area (Å²) < 4.78 is 7.16. The molecule has 8 heteroatoms. The van der Waals surface area contributed by atoms with Crippen molar-refractivity contribution in [3.8, 4) is 5.75 Å². The highest BCUT2D eigenvalue weighted by atomic mass is 32.2. The van der Waals surface area contributed by atoms with Gasteiger partial charge in [0.15, 0.2) is 5.82 Å². The van der Waals surface area contributed by atoms with Gasteiger partial charge < -0.3 is 15.5 Å². The number of aromatic nitrogens is 3. The first-order chi connectivity index (χ1) is 14.4. The average Bonchev–Trinajstić information content (AvgIpc) is 3.11. The Labute approximate surface area is 181 Å². The van der Waals surface area contributed by atoms with E-state index in [1.807, 2.05) is 61.5 Å². The van der Waals surface area contributed by atoms with Crippen molar-refractivity contribution in [3.63, 3.8) is 0 Å². The molecule has 30 heavy (non-hydrogen) atoms.